The summed E-state index contributed by atoms with van der Waals surface area (Å²) in [5.41, 5.74) is -0.479. The second-order valence-corrected chi connectivity index (χ2v) is 7.17. The van der Waals surface area contributed by atoms with Crippen molar-refractivity contribution in [2.75, 3.05) is 18.1 Å². The molecule has 5 heteroatoms. The van der Waals surface area contributed by atoms with Crippen molar-refractivity contribution < 1.29 is 14.3 Å². The lowest BCUT2D eigenvalue weighted by Gasteiger charge is -2.21. The lowest BCUT2D eigenvalue weighted by Crippen LogP contribution is -2.31. The third-order valence-electron chi connectivity index (χ3n) is 2.90. The molecule has 1 aliphatic heterocycles. The number of hydrogen-bond acceptors (Lipinski definition) is 4. The molecule has 1 aliphatic rings. The number of hydrogen-bond donors (Lipinski definition) is 1. The van der Waals surface area contributed by atoms with Crippen molar-refractivity contribution in [1.29, 1.82) is 0 Å². The van der Waals surface area contributed by atoms with Gasteiger partial charge in [0.2, 0.25) is 5.91 Å². The quantitative estimate of drug-likeness (QED) is 0.789. The Hall–Kier alpha value is -0.710. The first-order valence-corrected chi connectivity index (χ1v) is 8.08. The number of esters is 1. The Labute approximate surface area is 120 Å². The van der Waals surface area contributed by atoms with Gasteiger partial charge in [0.1, 0.15) is 5.60 Å². The van der Waals surface area contributed by atoms with E-state index in [0.29, 0.717) is 5.92 Å². The Balaban J connectivity index is 2.12. The number of ether oxygens (including phenoxy) is 1. The molecule has 19 heavy (non-hydrogen) atoms. The van der Waals surface area contributed by atoms with E-state index in [2.05, 4.69) is 5.32 Å². The zero-order valence-corrected chi connectivity index (χ0v) is 13.0. The lowest BCUT2D eigenvalue weighted by atomic mass is 10.0. The zero-order chi connectivity index (χ0) is 14.3. The smallest absolute Gasteiger partial charge is 0.306 e. The van der Waals surface area contributed by atoms with Crippen LogP contribution in [0.4, 0.5) is 0 Å². The molecule has 0 unspecified atom stereocenters. The van der Waals surface area contributed by atoms with Crippen LogP contribution in [-0.4, -0.2) is 35.5 Å². The summed E-state index contributed by atoms with van der Waals surface area (Å²) in [5.74, 6) is 2.63. The van der Waals surface area contributed by atoms with E-state index in [9.17, 15) is 9.59 Å². The Bertz CT molecular complexity index is 306. The molecule has 1 fully saturated rings. The van der Waals surface area contributed by atoms with Gasteiger partial charge in [-0.2, -0.15) is 11.8 Å². The van der Waals surface area contributed by atoms with Crippen LogP contribution in [0, 0.1) is 5.92 Å². The first-order valence-electron chi connectivity index (χ1n) is 6.93. The molecular weight excluding hydrogens is 262 g/mol. The predicted molar refractivity (Wildman–Crippen MR) is 78.1 cm³/mol. The molecule has 0 atom stereocenters. The number of thioether (sulfide) groups is 1. The second-order valence-electron chi connectivity index (χ2n) is 5.95. The number of rotatable bonds is 5. The second kappa shape index (κ2) is 7.78. The molecule has 0 aromatic carbocycles. The van der Waals surface area contributed by atoms with Crippen LogP contribution >= 0.6 is 11.8 Å². The van der Waals surface area contributed by atoms with Crippen LogP contribution in [0.3, 0.4) is 0 Å². The third-order valence-corrected chi connectivity index (χ3v) is 3.95. The molecule has 0 spiro atoms. The monoisotopic (exact) mass is 287 g/mol. The fourth-order valence-corrected chi connectivity index (χ4v) is 3.11. The zero-order valence-electron chi connectivity index (χ0n) is 12.2. The average molecular weight is 287 g/mol. The molecule has 1 amide bonds. The van der Waals surface area contributed by atoms with Crippen LogP contribution in [0.1, 0.15) is 46.5 Å². The highest BCUT2D eigenvalue weighted by atomic mass is 32.2. The standard InChI is InChI=1S/C14H25NO3S/c1-14(2,3)18-13(17)5-4-12(16)15-10-11-6-8-19-9-7-11/h11H,4-10H2,1-3H3,(H,15,16). The van der Waals surface area contributed by atoms with Crippen LogP contribution in [0.2, 0.25) is 0 Å². The molecule has 1 rings (SSSR count). The minimum Gasteiger partial charge on any atom is -0.460 e. The topological polar surface area (TPSA) is 55.4 Å². The summed E-state index contributed by atoms with van der Waals surface area (Å²) < 4.78 is 5.16. The predicted octanol–water partition coefficient (Wildman–Crippen LogP) is 2.37. The van der Waals surface area contributed by atoms with Crippen LogP contribution in [0.25, 0.3) is 0 Å². The molecule has 0 aromatic heterocycles. The summed E-state index contributed by atoms with van der Waals surface area (Å²) in [6.07, 6.45) is 2.73. The summed E-state index contributed by atoms with van der Waals surface area (Å²) in [6, 6.07) is 0. The van der Waals surface area contributed by atoms with Gasteiger partial charge in [0, 0.05) is 13.0 Å². The fourth-order valence-electron chi connectivity index (χ4n) is 1.91. The Morgan fingerprint density at radius 3 is 2.42 bits per heavy atom. The molecule has 4 nitrogen and oxygen atoms in total. The van der Waals surface area contributed by atoms with Gasteiger partial charge in [0.15, 0.2) is 0 Å². The highest BCUT2D eigenvalue weighted by Gasteiger charge is 2.18. The molecule has 0 aromatic rings. The number of carbonyl (C=O) groups is 2. The highest BCUT2D eigenvalue weighted by molar-refractivity contribution is 7.99. The van der Waals surface area contributed by atoms with Gasteiger partial charge >= 0.3 is 5.97 Å². The molecule has 0 radical (unpaired) electrons. The lowest BCUT2D eigenvalue weighted by molar-refractivity contribution is -0.155. The van der Waals surface area contributed by atoms with Gasteiger partial charge in [-0.05, 0) is 51.0 Å². The van der Waals surface area contributed by atoms with E-state index in [4.69, 9.17) is 4.74 Å². The van der Waals surface area contributed by atoms with Gasteiger partial charge in [-0.3, -0.25) is 9.59 Å². The van der Waals surface area contributed by atoms with E-state index < -0.39 is 5.60 Å². The van der Waals surface area contributed by atoms with Gasteiger partial charge in [0.25, 0.3) is 0 Å². The number of amides is 1. The maximum atomic E-state index is 11.6. The highest BCUT2D eigenvalue weighted by Crippen LogP contribution is 2.21. The first kappa shape index (κ1) is 16.3. The SMILES string of the molecule is CC(C)(C)OC(=O)CCC(=O)NCC1CCSCC1. The number of nitrogens with one attached hydrogen (secondary N) is 1. The summed E-state index contributed by atoms with van der Waals surface area (Å²) in [7, 11) is 0. The van der Waals surface area contributed by atoms with Crippen molar-refractivity contribution in [2.45, 2.75) is 52.1 Å². The molecule has 1 N–H and O–H groups in total. The third kappa shape index (κ3) is 8.14. The average Bonchev–Trinajstić information content (AvgIpc) is 2.33. The number of carbonyl (C=O) groups excluding carboxylic acids is 2. The van der Waals surface area contributed by atoms with Crippen molar-refractivity contribution in [3.8, 4) is 0 Å². The summed E-state index contributed by atoms with van der Waals surface area (Å²) in [6.45, 7) is 6.22. The molecule has 0 aliphatic carbocycles. The van der Waals surface area contributed by atoms with Crippen LogP contribution in [0.15, 0.2) is 0 Å². The van der Waals surface area contributed by atoms with Gasteiger partial charge in [-0.25, -0.2) is 0 Å². The fraction of sp³-hybridized carbons (Fsp3) is 0.857. The van der Waals surface area contributed by atoms with Crippen LogP contribution < -0.4 is 5.32 Å². The molecule has 1 heterocycles. The van der Waals surface area contributed by atoms with Gasteiger partial charge < -0.3 is 10.1 Å². The van der Waals surface area contributed by atoms with Crippen molar-refractivity contribution in [3.63, 3.8) is 0 Å². The molecule has 110 valence electrons. The Morgan fingerprint density at radius 1 is 1.21 bits per heavy atom. The summed E-state index contributed by atoms with van der Waals surface area (Å²) in [4.78, 5) is 23.1. The molecule has 0 saturated carbocycles. The van der Waals surface area contributed by atoms with E-state index in [-0.39, 0.29) is 24.7 Å². The molecule has 0 bridgehead atoms. The maximum Gasteiger partial charge on any atom is 0.306 e. The molecule has 1 saturated heterocycles. The largest absolute Gasteiger partial charge is 0.460 e. The van der Waals surface area contributed by atoms with Crippen molar-refractivity contribution in [3.05, 3.63) is 0 Å². The van der Waals surface area contributed by atoms with E-state index in [1.807, 2.05) is 32.5 Å². The van der Waals surface area contributed by atoms with Crippen LogP contribution in [0.5, 0.6) is 0 Å². The Morgan fingerprint density at radius 2 is 1.84 bits per heavy atom. The van der Waals surface area contributed by atoms with E-state index in [1.165, 1.54) is 24.3 Å². The van der Waals surface area contributed by atoms with Gasteiger partial charge in [-0.15, -0.1) is 0 Å². The summed E-state index contributed by atoms with van der Waals surface area (Å²) in [5, 5.41) is 2.91. The minimum atomic E-state index is -0.479. The van der Waals surface area contributed by atoms with E-state index >= 15 is 0 Å². The molecular formula is C14H25NO3S. The van der Waals surface area contributed by atoms with Gasteiger partial charge in [0.05, 0.1) is 6.42 Å². The van der Waals surface area contributed by atoms with E-state index in [0.717, 1.165) is 6.54 Å². The van der Waals surface area contributed by atoms with Crippen molar-refractivity contribution in [1.82, 2.24) is 5.32 Å². The van der Waals surface area contributed by atoms with Gasteiger partial charge in [-0.1, -0.05) is 0 Å². The maximum absolute atomic E-state index is 11.6. The van der Waals surface area contributed by atoms with Crippen molar-refractivity contribution >= 4 is 23.6 Å². The van der Waals surface area contributed by atoms with Crippen molar-refractivity contribution in [2.24, 2.45) is 5.92 Å². The van der Waals surface area contributed by atoms with E-state index in [1.54, 1.807) is 0 Å². The Kier molecular flexibility index (Phi) is 6.69. The minimum absolute atomic E-state index is 0.0518. The first-order chi connectivity index (χ1) is 8.87. The van der Waals surface area contributed by atoms with Crippen LogP contribution in [-0.2, 0) is 14.3 Å². The normalized spacial score (nSPS) is 17.0. The summed E-state index contributed by atoms with van der Waals surface area (Å²) >= 11 is 1.98.